The van der Waals surface area contributed by atoms with E-state index < -0.39 is 5.82 Å². The minimum atomic E-state index is -0.464. The molecule has 0 aliphatic rings. The van der Waals surface area contributed by atoms with Crippen molar-refractivity contribution in [3.8, 4) is 6.07 Å². The molecule has 2 aromatic rings. The number of benzene rings is 2. The van der Waals surface area contributed by atoms with Crippen LogP contribution in [0.1, 0.15) is 11.1 Å². The second-order valence-electron chi connectivity index (χ2n) is 3.67. The predicted molar refractivity (Wildman–Crippen MR) is 74.8 cm³/mol. The quantitative estimate of drug-likeness (QED) is 0.761. The van der Waals surface area contributed by atoms with Gasteiger partial charge in [-0.15, -0.1) is 11.8 Å². The van der Waals surface area contributed by atoms with Crippen LogP contribution < -0.4 is 0 Å². The largest absolute Gasteiger partial charge is 0.206 e. The number of rotatable bonds is 3. The summed E-state index contributed by atoms with van der Waals surface area (Å²) in [5, 5.41) is 8.76. The van der Waals surface area contributed by atoms with Crippen LogP contribution in [0.5, 0.6) is 0 Å². The van der Waals surface area contributed by atoms with Crippen molar-refractivity contribution in [3.05, 3.63) is 63.9 Å². The van der Waals surface area contributed by atoms with Gasteiger partial charge in [-0.05, 0) is 35.9 Å². The van der Waals surface area contributed by atoms with E-state index >= 15 is 0 Å². The van der Waals surface area contributed by atoms with Gasteiger partial charge in [-0.3, -0.25) is 0 Å². The molecule has 1 nitrogen and oxygen atoms in total. The molecule has 0 spiro atoms. The fourth-order valence-electron chi connectivity index (χ4n) is 1.47. The molecule has 2 aromatic carbocycles. The van der Waals surface area contributed by atoms with Crippen molar-refractivity contribution in [1.29, 1.82) is 5.26 Å². The van der Waals surface area contributed by atoms with Crippen molar-refractivity contribution in [3.63, 3.8) is 0 Å². The van der Waals surface area contributed by atoms with Crippen molar-refractivity contribution in [2.75, 3.05) is 0 Å². The number of thioether (sulfide) groups is 1. The summed E-state index contributed by atoms with van der Waals surface area (Å²) in [6, 6.07) is 14.5. The van der Waals surface area contributed by atoms with Gasteiger partial charge in [-0.1, -0.05) is 28.1 Å². The summed E-state index contributed by atoms with van der Waals surface area (Å²) >= 11 is 5.07. The molecule has 0 fully saturated rings. The molecule has 0 atom stereocenters. The van der Waals surface area contributed by atoms with Gasteiger partial charge in [0.15, 0.2) is 0 Å². The number of nitrogens with zero attached hydrogens (tertiary/aromatic N) is 1. The van der Waals surface area contributed by atoms with Gasteiger partial charge in [-0.25, -0.2) is 4.39 Å². The summed E-state index contributed by atoms with van der Waals surface area (Å²) in [5.41, 5.74) is 1.04. The number of nitriles is 1. The van der Waals surface area contributed by atoms with Gasteiger partial charge >= 0.3 is 0 Å². The zero-order valence-electron chi connectivity index (χ0n) is 9.36. The van der Waals surface area contributed by atoms with E-state index in [1.54, 1.807) is 23.9 Å². The molecule has 2 rings (SSSR count). The van der Waals surface area contributed by atoms with Crippen LogP contribution in [0.15, 0.2) is 51.8 Å². The lowest BCUT2D eigenvalue weighted by Crippen LogP contribution is -1.87. The van der Waals surface area contributed by atoms with Crippen LogP contribution in [-0.4, -0.2) is 0 Å². The number of hydrogen-bond donors (Lipinski definition) is 0. The van der Waals surface area contributed by atoms with Gasteiger partial charge in [-0.2, -0.15) is 5.26 Å². The Balaban J connectivity index is 2.09. The Bertz CT molecular complexity index is 607. The van der Waals surface area contributed by atoms with E-state index in [4.69, 9.17) is 5.26 Å². The maximum absolute atomic E-state index is 13.2. The molecule has 0 aliphatic heterocycles. The SMILES string of the molecule is N#Cc1cc(CSc2cccc(Br)c2)ccc1F. The standard InChI is InChI=1S/C14H9BrFNS/c15-12-2-1-3-13(7-12)18-9-10-4-5-14(16)11(6-10)8-17/h1-7H,9H2. The zero-order valence-corrected chi connectivity index (χ0v) is 11.8. The van der Waals surface area contributed by atoms with Crippen molar-refractivity contribution < 1.29 is 4.39 Å². The van der Waals surface area contributed by atoms with Crippen LogP contribution in [-0.2, 0) is 5.75 Å². The summed E-state index contributed by atoms with van der Waals surface area (Å²) in [7, 11) is 0. The van der Waals surface area contributed by atoms with Crippen LogP contribution in [0.25, 0.3) is 0 Å². The molecule has 0 saturated heterocycles. The van der Waals surface area contributed by atoms with E-state index in [0.717, 1.165) is 14.9 Å². The van der Waals surface area contributed by atoms with E-state index in [2.05, 4.69) is 15.9 Å². The zero-order chi connectivity index (χ0) is 13.0. The molecule has 0 amide bonds. The van der Waals surface area contributed by atoms with Crippen molar-refractivity contribution in [2.24, 2.45) is 0 Å². The highest BCUT2D eigenvalue weighted by molar-refractivity contribution is 9.10. The minimum absolute atomic E-state index is 0.0994. The Labute approximate surface area is 118 Å². The van der Waals surface area contributed by atoms with Gasteiger partial charge in [0.25, 0.3) is 0 Å². The Morgan fingerprint density at radius 2 is 2.06 bits per heavy atom. The Hall–Kier alpha value is -1.31. The maximum Gasteiger partial charge on any atom is 0.140 e. The van der Waals surface area contributed by atoms with Crippen molar-refractivity contribution in [2.45, 2.75) is 10.6 Å². The molecule has 0 unspecified atom stereocenters. The molecule has 90 valence electrons. The Kier molecular flexibility index (Phi) is 4.40. The van der Waals surface area contributed by atoms with Gasteiger partial charge in [0.2, 0.25) is 0 Å². The molecule has 4 heteroatoms. The molecule has 0 bridgehead atoms. The third-order valence-corrected chi connectivity index (χ3v) is 3.91. The second-order valence-corrected chi connectivity index (χ2v) is 5.64. The first-order valence-corrected chi connectivity index (χ1v) is 7.04. The van der Waals surface area contributed by atoms with Gasteiger partial charge < -0.3 is 0 Å². The van der Waals surface area contributed by atoms with E-state index in [1.165, 1.54) is 6.07 Å². The first kappa shape index (κ1) is 13.1. The van der Waals surface area contributed by atoms with Gasteiger partial charge in [0.1, 0.15) is 11.9 Å². The van der Waals surface area contributed by atoms with Crippen LogP contribution in [0, 0.1) is 17.1 Å². The first-order chi connectivity index (χ1) is 8.69. The Morgan fingerprint density at radius 1 is 1.22 bits per heavy atom. The van der Waals surface area contributed by atoms with Crippen LogP contribution >= 0.6 is 27.7 Å². The molecule has 0 N–H and O–H groups in total. The molecular formula is C14H9BrFNS. The summed E-state index contributed by atoms with van der Waals surface area (Å²) in [6.07, 6.45) is 0. The molecular weight excluding hydrogens is 313 g/mol. The van der Waals surface area contributed by atoms with E-state index in [9.17, 15) is 4.39 Å². The van der Waals surface area contributed by atoms with Crippen LogP contribution in [0.2, 0.25) is 0 Å². The highest BCUT2D eigenvalue weighted by atomic mass is 79.9. The first-order valence-electron chi connectivity index (χ1n) is 5.26. The minimum Gasteiger partial charge on any atom is -0.206 e. The highest BCUT2D eigenvalue weighted by Gasteiger charge is 2.03. The molecule has 0 aromatic heterocycles. The second kappa shape index (κ2) is 6.03. The smallest absolute Gasteiger partial charge is 0.140 e. The third kappa shape index (κ3) is 3.34. The van der Waals surface area contributed by atoms with Gasteiger partial charge in [0.05, 0.1) is 5.56 Å². The summed E-state index contributed by atoms with van der Waals surface area (Å²) in [6.45, 7) is 0. The third-order valence-electron chi connectivity index (χ3n) is 2.35. The summed E-state index contributed by atoms with van der Waals surface area (Å²) in [4.78, 5) is 1.13. The van der Waals surface area contributed by atoms with Crippen LogP contribution in [0.3, 0.4) is 0 Å². The normalized spacial score (nSPS) is 10.1. The van der Waals surface area contributed by atoms with Crippen molar-refractivity contribution in [1.82, 2.24) is 0 Å². The lowest BCUT2D eigenvalue weighted by molar-refractivity contribution is 0.623. The van der Waals surface area contributed by atoms with E-state index in [1.807, 2.05) is 30.3 Å². The van der Waals surface area contributed by atoms with E-state index in [0.29, 0.717) is 5.75 Å². The molecule has 18 heavy (non-hydrogen) atoms. The average Bonchev–Trinajstić information content (AvgIpc) is 2.38. The lowest BCUT2D eigenvalue weighted by Gasteiger charge is -2.03. The topological polar surface area (TPSA) is 23.8 Å². The summed E-state index contributed by atoms with van der Waals surface area (Å²) < 4.78 is 14.2. The van der Waals surface area contributed by atoms with Crippen LogP contribution in [0.4, 0.5) is 4.39 Å². The van der Waals surface area contributed by atoms with Gasteiger partial charge in [0, 0.05) is 15.1 Å². The monoisotopic (exact) mass is 321 g/mol. The predicted octanol–water partition coefficient (Wildman–Crippen LogP) is 4.75. The highest BCUT2D eigenvalue weighted by Crippen LogP contribution is 2.25. The fourth-order valence-corrected chi connectivity index (χ4v) is 2.92. The molecule has 0 aliphatic carbocycles. The Morgan fingerprint density at radius 3 is 2.78 bits per heavy atom. The maximum atomic E-state index is 13.2. The molecule has 0 radical (unpaired) electrons. The number of hydrogen-bond acceptors (Lipinski definition) is 2. The fraction of sp³-hybridized carbons (Fsp3) is 0.0714. The molecule has 0 saturated carbocycles. The summed E-state index contributed by atoms with van der Waals surface area (Å²) in [5.74, 6) is 0.250. The average molecular weight is 322 g/mol. The number of halogens is 2. The van der Waals surface area contributed by atoms with Crippen molar-refractivity contribution >= 4 is 27.7 Å². The van der Waals surface area contributed by atoms with E-state index in [-0.39, 0.29) is 5.56 Å². The lowest BCUT2D eigenvalue weighted by atomic mass is 10.1. The molecule has 0 heterocycles.